The Morgan fingerprint density at radius 1 is 1.37 bits per heavy atom. The van der Waals surface area contributed by atoms with E-state index in [0.29, 0.717) is 11.0 Å². The fourth-order valence-electron chi connectivity index (χ4n) is 2.35. The number of likely N-dealkylation sites (tertiary alicyclic amines) is 1. The fraction of sp³-hybridized carbons (Fsp3) is 0.692. The van der Waals surface area contributed by atoms with Gasteiger partial charge in [0.15, 0.2) is 0 Å². The largest absolute Gasteiger partial charge is 0.381 e. The second-order valence-electron chi connectivity index (χ2n) is 4.82. The van der Waals surface area contributed by atoms with Gasteiger partial charge in [0.05, 0.1) is 11.9 Å². The Morgan fingerprint density at radius 3 is 2.79 bits per heavy atom. The first-order valence-corrected chi connectivity index (χ1v) is 7.73. The van der Waals surface area contributed by atoms with E-state index >= 15 is 0 Å². The van der Waals surface area contributed by atoms with Crippen molar-refractivity contribution in [1.29, 1.82) is 0 Å². The average Bonchev–Trinajstić information content (AvgIpc) is 2.45. The quantitative estimate of drug-likeness (QED) is 0.897. The zero-order valence-corrected chi connectivity index (χ0v) is 12.9. The van der Waals surface area contributed by atoms with E-state index in [4.69, 9.17) is 0 Å². The molecule has 1 aromatic rings. The number of aryl methyl sites for hydroxylation is 1. The van der Waals surface area contributed by atoms with Gasteiger partial charge in [-0.1, -0.05) is 6.42 Å². The van der Waals surface area contributed by atoms with Crippen LogP contribution in [-0.2, 0) is 6.54 Å². The third-order valence-corrected chi connectivity index (χ3v) is 4.24. The highest BCUT2D eigenvalue weighted by Gasteiger charge is 2.10. The minimum Gasteiger partial charge on any atom is -0.381 e. The molecule has 1 aromatic heterocycles. The summed E-state index contributed by atoms with van der Waals surface area (Å²) in [5.41, 5.74) is 0.706. The van der Waals surface area contributed by atoms with Crippen LogP contribution in [0.2, 0.25) is 0 Å². The summed E-state index contributed by atoms with van der Waals surface area (Å²) in [4.78, 5) is 14.4. The molecule has 5 nitrogen and oxygen atoms in total. The van der Waals surface area contributed by atoms with Crippen molar-refractivity contribution in [2.24, 2.45) is 0 Å². The van der Waals surface area contributed by atoms with Gasteiger partial charge in [-0.2, -0.15) is 5.10 Å². The highest BCUT2D eigenvalue weighted by molar-refractivity contribution is 9.10. The van der Waals surface area contributed by atoms with E-state index in [1.807, 2.05) is 6.92 Å². The van der Waals surface area contributed by atoms with Crippen LogP contribution >= 0.6 is 15.9 Å². The lowest BCUT2D eigenvalue weighted by molar-refractivity contribution is 0.237. The lowest BCUT2D eigenvalue weighted by atomic mass is 10.1. The molecule has 1 N–H and O–H groups in total. The Labute approximate surface area is 122 Å². The number of nitrogens with one attached hydrogen (secondary N) is 1. The Kier molecular flexibility index (Phi) is 5.39. The number of piperidine rings is 1. The van der Waals surface area contributed by atoms with Gasteiger partial charge in [-0.3, -0.25) is 4.79 Å². The zero-order chi connectivity index (χ0) is 13.7. The van der Waals surface area contributed by atoms with Crippen molar-refractivity contribution in [3.8, 4) is 0 Å². The van der Waals surface area contributed by atoms with Crippen LogP contribution in [0.15, 0.2) is 15.5 Å². The third-order valence-electron chi connectivity index (χ3n) is 3.48. The molecule has 0 amide bonds. The van der Waals surface area contributed by atoms with Crippen LogP contribution < -0.4 is 10.9 Å². The van der Waals surface area contributed by atoms with Crippen molar-refractivity contribution in [3.05, 3.63) is 21.0 Å². The Hall–Kier alpha value is -0.880. The van der Waals surface area contributed by atoms with E-state index in [1.54, 1.807) is 6.20 Å². The van der Waals surface area contributed by atoms with Gasteiger partial charge in [0.2, 0.25) is 0 Å². The maximum Gasteiger partial charge on any atom is 0.283 e. The molecule has 1 fully saturated rings. The lowest BCUT2D eigenvalue weighted by Gasteiger charge is -2.26. The molecule has 0 radical (unpaired) electrons. The smallest absolute Gasteiger partial charge is 0.283 e. The molecule has 1 saturated heterocycles. The maximum absolute atomic E-state index is 11.9. The zero-order valence-electron chi connectivity index (χ0n) is 11.4. The summed E-state index contributed by atoms with van der Waals surface area (Å²) in [6.07, 6.45) is 5.68. The second-order valence-corrected chi connectivity index (χ2v) is 5.62. The molecule has 0 atom stereocenters. The van der Waals surface area contributed by atoms with Crippen LogP contribution in [0, 0.1) is 0 Å². The monoisotopic (exact) mass is 328 g/mol. The van der Waals surface area contributed by atoms with Crippen molar-refractivity contribution in [2.75, 3.05) is 31.5 Å². The van der Waals surface area contributed by atoms with E-state index in [9.17, 15) is 4.79 Å². The summed E-state index contributed by atoms with van der Waals surface area (Å²) in [6, 6.07) is 0. The topological polar surface area (TPSA) is 50.2 Å². The number of nitrogens with zero attached hydrogens (tertiary/aromatic N) is 3. The van der Waals surface area contributed by atoms with Crippen LogP contribution in [0.4, 0.5) is 5.69 Å². The Morgan fingerprint density at radius 2 is 2.11 bits per heavy atom. The molecule has 6 heteroatoms. The van der Waals surface area contributed by atoms with Gasteiger partial charge in [0, 0.05) is 19.6 Å². The Balaban J connectivity index is 1.89. The first kappa shape index (κ1) is 14.5. The number of rotatable bonds is 5. The molecule has 19 heavy (non-hydrogen) atoms. The number of halogens is 1. The van der Waals surface area contributed by atoms with Crippen LogP contribution in [0.25, 0.3) is 0 Å². The van der Waals surface area contributed by atoms with Gasteiger partial charge in [-0.15, -0.1) is 0 Å². The van der Waals surface area contributed by atoms with Crippen molar-refractivity contribution < 1.29 is 0 Å². The SMILES string of the molecule is CCn1ncc(NCCN2CCCCC2)c(Br)c1=O. The standard InChI is InChI=1S/C13H21BrN4O/c1-2-18-13(19)12(14)11(10-16-18)15-6-9-17-7-4-3-5-8-17/h10,15H,2-9H2,1H3. The van der Waals surface area contributed by atoms with Crippen LogP contribution in [0.5, 0.6) is 0 Å². The predicted molar refractivity (Wildman–Crippen MR) is 80.7 cm³/mol. The van der Waals surface area contributed by atoms with Gasteiger partial charge in [0.25, 0.3) is 5.56 Å². The van der Waals surface area contributed by atoms with E-state index in [0.717, 1.165) is 18.8 Å². The van der Waals surface area contributed by atoms with Crippen LogP contribution in [0.3, 0.4) is 0 Å². The van der Waals surface area contributed by atoms with Gasteiger partial charge >= 0.3 is 0 Å². The van der Waals surface area contributed by atoms with Crippen molar-refractivity contribution in [2.45, 2.75) is 32.7 Å². The van der Waals surface area contributed by atoms with Crippen LogP contribution in [0.1, 0.15) is 26.2 Å². The maximum atomic E-state index is 11.9. The minimum absolute atomic E-state index is 0.0783. The molecular formula is C13H21BrN4O. The number of aromatic nitrogens is 2. The molecule has 0 unspecified atom stereocenters. The number of hydrogen-bond donors (Lipinski definition) is 1. The van der Waals surface area contributed by atoms with E-state index in [-0.39, 0.29) is 5.56 Å². The summed E-state index contributed by atoms with van der Waals surface area (Å²) in [7, 11) is 0. The summed E-state index contributed by atoms with van der Waals surface area (Å²) in [6.45, 7) is 6.74. The first-order valence-electron chi connectivity index (χ1n) is 6.94. The average molecular weight is 329 g/mol. The molecular weight excluding hydrogens is 308 g/mol. The van der Waals surface area contributed by atoms with E-state index < -0.39 is 0 Å². The Bertz CT molecular complexity index is 468. The third kappa shape index (κ3) is 3.79. The summed E-state index contributed by atoms with van der Waals surface area (Å²) in [5, 5.41) is 7.41. The van der Waals surface area contributed by atoms with Gasteiger partial charge in [-0.25, -0.2) is 4.68 Å². The molecule has 1 aliphatic rings. The fourth-order valence-corrected chi connectivity index (χ4v) is 2.79. The highest BCUT2D eigenvalue weighted by Crippen LogP contribution is 2.16. The first-order chi connectivity index (χ1) is 9.22. The molecule has 0 bridgehead atoms. The summed E-state index contributed by atoms with van der Waals surface area (Å²) < 4.78 is 2.02. The van der Waals surface area contributed by atoms with E-state index in [2.05, 4.69) is 31.2 Å². The van der Waals surface area contributed by atoms with Gasteiger partial charge in [0.1, 0.15) is 4.47 Å². The van der Waals surface area contributed by atoms with Gasteiger partial charge in [-0.05, 0) is 48.8 Å². The molecule has 0 aromatic carbocycles. The van der Waals surface area contributed by atoms with Crippen molar-refractivity contribution in [3.63, 3.8) is 0 Å². The summed E-state index contributed by atoms with van der Waals surface area (Å²) >= 11 is 3.35. The number of hydrogen-bond acceptors (Lipinski definition) is 4. The number of anilines is 1. The van der Waals surface area contributed by atoms with Crippen molar-refractivity contribution >= 4 is 21.6 Å². The predicted octanol–water partition coefficient (Wildman–Crippen LogP) is 1.92. The lowest BCUT2D eigenvalue weighted by Crippen LogP contribution is -2.34. The highest BCUT2D eigenvalue weighted by atomic mass is 79.9. The molecule has 1 aliphatic heterocycles. The molecule has 0 saturated carbocycles. The molecule has 0 spiro atoms. The molecule has 106 valence electrons. The van der Waals surface area contributed by atoms with E-state index in [1.165, 1.54) is 37.0 Å². The van der Waals surface area contributed by atoms with Gasteiger partial charge < -0.3 is 10.2 Å². The van der Waals surface area contributed by atoms with Crippen molar-refractivity contribution in [1.82, 2.24) is 14.7 Å². The molecule has 2 heterocycles. The summed E-state index contributed by atoms with van der Waals surface area (Å²) in [5.74, 6) is 0. The minimum atomic E-state index is -0.0783. The normalized spacial score (nSPS) is 16.5. The molecule has 0 aliphatic carbocycles. The second kappa shape index (κ2) is 7.05. The molecule has 2 rings (SSSR count). The van der Waals surface area contributed by atoms with Crippen LogP contribution in [-0.4, -0.2) is 40.9 Å².